The van der Waals surface area contributed by atoms with Gasteiger partial charge < -0.3 is 10.4 Å². The van der Waals surface area contributed by atoms with Crippen LogP contribution in [0.1, 0.15) is 12.0 Å². The van der Waals surface area contributed by atoms with Gasteiger partial charge in [-0.05, 0) is 11.6 Å². The van der Waals surface area contributed by atoms with Crippen LogP contribution in [0.5, 0.6) is 0 Å². The number of halogens is 1. The van der Waals surface area contributed by atoms with Crippen molar-refractivity contribution in [3.63, 3.8) is 0 Å². The van der Waals surface area contributed by atoms with Gasteiger partial charge in [-0.25, -0.2) is 9.18 Å². The molecule has 0 radical (unpaired) electrons. The van der Waals surface area contributed by atoms with Gasteiger partial charge in [0.25, 0.3) is 0 Å². The Hall–Kier alpha value is -2.24. The standard InChI is InChI=1S/C12H12FNO4/c13-10-4-2-1-3-8(10)5-9(16)6-11(12(17)18)14-7-15/h1-4,7,11H,5-6H2,(H,14,15)(H,17,18). The Bertz CT molecular complexity index is 461. The van der Waals surface area contributed by atoms with Gasteiger partial charge in [0.1, 0.15) is 17.6 Å². The molecule has 0 fully saturated rings. The molecule has 0 spiro atoms. The molecule has 1 amide bonds. The number of benzene rings is 1. The summed E-state index contributed by atoms with van der Waals surface area (Å²) < 4.78 is 13.3. The summed E-state index contributed by atoms with van der Waals surface area (Å²) in [4.78, 5) is 32.4. The smallest absolute Gasteiger partial charge is 0.326 e. The lowest BCUT2D eigenvalue weighted by atomic mass is 10.0. The molecule has 0 saturated carbocycles. The number of carbonyl (C=O) groups excluding carboxylic acids is 2. The minimum atomic E-state index is -1.30. The number of ketones is 1. The number of Topliss-reactive ketones (excluding diaryl/α,β-unsaturated/α-hetero) is 1. The van der Waals surface area contributed by atoms with Crippen LogP contribution in [0, 0.1) is 5.82 Å². The zero-order valence-electron chi connectivity index (χ0n) is 9.43. The Morgan fingerprint density at radius 3 is 2.61 bits per heavy atom. The van der Waals surface area contributed by atoms with Gasteiger partial charge in [0.15, 0.2) is 0 Å². The van der Waals surface area contributed by atoms with E-state index in [9.17, 15) is 18.8 Å². The number of rotatable bonds is 7. The highest BCUT2D eigenvalue weighted by molar-refractivity contribution is 5.88. The predicted molar refractivity (Wildman–Crippen MR) is 60.4 cm³/mol. The zero-order chi connectivity index (χ0) is 13.5. The third-order valence-corrected chi connectivity index (χ3v) is 2.34. The molecule has 0 saturated heterocycles. The van der Waals surface area contributed by atoms with Gasteiger partial charge in [0.2, 0.25) is 6.41 Å². The monoisotopic (exact) mass is 253 g/mol. The molecule has 0 aliphatic rings. The minimum Gasteiger partial charge on any atom is -0.480 e. The highest BCUT2D eigenvalue weighted by Gasteiger charge is 2.20. The van der Waals surface area contributed by atoms with Crippen LogP contribution in [0.15, 0.2) is 24.3 Å². The van der Waals surface area contributed by atoms with Crippen LogP contribution in [0.4, 0.5) is 4.39 Å². The third kappa shape index (κ3) is 3.97. The van der Waals surface area contributed by atoms with Gasteiger partial charge in [0, 0.05) is 12.8 Å². The topological polar surface area (TPSA) is 83.5 Å². The zero-order valence-corrected chi connectivity index (χ0v) is 9.43. The van der Waals surface area contributed by atoms with Crippen LogP contribution in [0.25, 0.3) is 0 Å². The molecule has 1 atom stereocenters. The fraction of sp³-hybridized carbons (Fsp3) is 0.250. The van der Waals surface area contributed by atoms with E-state index in [1.54, 1.807) is 6.07 Å². The van der Waals surface area contributed by atoms with E-state index < -0.39 is 23.6 Å². The van der Waals surface area contributed by atoms with E-state index in [1.807, 2.05) is 5.32 Å². The summed E-state index contributed by atoms with van der Waals surface area (Å²) >= 11 is 0. The molecule has 1 unspecified atom stereocenters. The molecular formula is C12H12FNO4. The summed E-state index contributed by atoms with van der Waals surface area (Å²) in [5.74, 6) is -2.27. The second kappa shape index (κ2) is 6.48. The molecule has 0 aliphatic heterocycles. The largest absolute Gasteiger partial charge is 0.480 e. The molecular weight excluding hydrogens is 241 g/mol. The van der Waals surface area contributed by atoms with Gasteiger partial charge in [0.05, 0.1) is 0 Å². The molecule has 96 valence electrons. The van der Waals surface area contributed by atoms with Crippen molar-refractivity contribution in [2.45, 2.75) is 18.9 Å². The first kappa shape index (κ1) is 13.8. The number of carboxylic acid groups (broad SMARTS) is 1. The van der Waals surface area contributed by atoms with E-state index in [-0.39, 0.29) is 24.8 Å². The third-order valence-electron chi connectivity index (χ3n) is 2.34. The Balaban J connectivity index is 2.63. The Morgan fingerprint density at radius 1 is 1.39 bits per heavy atom. The van der Waals surface area contributed by atoms with E-state index in [0.29, 0.717) is 0 Å². The average Bonchev–Trinajstić information content (AvgIpc) is 2.31. The van der Waals surface area contributed by atoms with Gasteiger partial charge in [-0.1, -0.05) is 18.2 Å². The first-order chi connectivity index (χ1) is 8.54. The van der Waals surface area contributed by atoms with Gasteiger partial charge >= 0.3 is 5.97 Å². The van der Waals surface area contributed by atoms with Crippen molar-refractivity contribution >= 4 is 18.2 Å². The van der Waals surface area contributed by atoms with Crippen molar-refractivity contribution in [1.29, 1.82) is 0 Å². The number of hydrogen-bond acceptors (Lipinski definition) is 3. The van der Waals surface area contributed by atoms with E-state index >= 15 is 0 Å². The number of aliphatic carboxylic acids is 1. The van der Waals surface area contributed by atoms with Gasteiger partial charge in [-0.15, -0.1) is 0 Å². The second-order valence-electron chi connectivity index (χ2n) is 3.69. The Labute approximate surface area is 103 Å². The van der Waals surface area contributed by atoms with Crippen LogP contribution >= 0.6 is 0 Å². The lowest BCUT2D eigenvalue weighted by Crippen LogP contribution is -2.37. The van der Waals surface area contributed by atoms with Crippen molar-refractivity contribution in [2.24, 2.45) is 0 Å². The first-order valence-electron chi connectivity index (χ1n) is 5.22. The molecule has 0 aromatic heterocycles. The maximum absolute atomic E-state index is 13.3. The molecule has 2 N–H and O–H groups in total. The fourth-order valence-corrected chi connectivity index (χ4v) is 1.45. The van der Waals surface area contributed by atoms with Gasteiger partial charge in [-0.3, -0.25) is 9.59 Å². The minimum absolute atomic E-state index is 0.197. The van der Waals surface area contributed by atoms with E-state index in [2.05, 4.69) is 0 Å². The molecule has 18 heavy (non-hydrogen) atoms. The van der Waals surface area contributed by atoms with Crippen LogP contribution in [0.3, 0.4) is 0 Å². The number of amides is 1. The van der Waals surface area contributed by atoms with Crippen molar-refractivity contribution < 1.29 is 23.9 Å². The molecule has 1 aromatic rings. The molecule has 5 nitrogen and oxygen atoms in total. The summed E-state index contributed by atoms with van der Waals surface area (Å²) in [5.41, 5.74) is 0.206. The van der Waals surface area contributed by atoms with E-state index in [1.165, 1.54) is 18.2 Å². The predicted octanol–water partition coefficient (Wildman–Crippen LogP) is 0.527. The molecule has 1 aromatic carbocycles. The SMILES string of the molecule is O=CNC(CC(=O)Cc1ccccc1F)C(=O)O. The molecule has 0 bridgehead atoms. The highest BCUT2D eigenvalue weighted by Crippen LogP contribution is 2.09. The van der Waals surface area contributed by atoms with Crippen LogP contribution in [0.2, 0.25) is 0 Å². The fourth-order valence-electron chi connectivity index (χ4n) is 1.45. The van der Waals surface area contributed by atoms with E-state index in [4.69, 9.17) is 5.11 Å². The highest BCUT2D eigenvalue weighted by atomic mass is 19.1. The van der Waals surface area contributed by atoms with Crippen molar-refractivity contribution in [3.05, 3.63) is 35.6 Å². The number of hydrogen-bond donors (Lipinski definition) is 2. The maximum Gasteiger partial charge on any atom is 0.326 e. The summed E-state index contributed by atoms with van der Waals surface area (Å²) in [5, 5.41) is 10.7. The molecule has 6 heteroatoms. The number of carboxylic acids is 1. The summed E-state index contributed by atoms with van der Waals surface area (Å²) in [6, 6.07) is 4.49. The van der Waals surface area contributed by atoms with Crippen molar-refractivity contribution in [1.82, 2.24) is 5.32 Å². The Morgan fingerprint density at radius 2 is 2.06 bits per heavy atom. The van der Waals surface area contributed by atoms with Gasteiger partial charge in [-0.2, -0.15) is 0 Å². The quantitative estimate of drug-likeness (QED) is 0.694. The summed E-state index contributed by atoms with van der Waals surface area (Å²) in [6.07, 6.45) is -0.353. The van der Waals surface area contributed by atoms with Crippen molar-refractivity contribution in [2.75, 3.05) is 0 Å². The lowest BCUT2D eigenvalue weighted by molar-refractivity contribution is -0.142. The maximum atomic E-state index is 13.3. The summed E-state index contributed by atoms with van der Waals surface area (Å²) in [7, 11) is 0. The van der Waals surface area contributed by atoms with Crippen molar-refractivity contribution in [3.8, 4) is 0 Å². The van der Waals surface area contributed by atoms with Crippen LogP contribution in [-0.2, 0) is 20.8 Å². The normalized spacial score (nSPS) is 11.6. The Kier molecular flexibility index (Phi) is 4.98. The summed E-state index contributed by atoms with van der Waals surface area (Å²) in [6.45, 7) is 0. The number of nitrogens with one attached hydrogen (secondary N) is 1. The first-order valence-corrected chi connectivity index (χ1v) is 5.22. The van der Waals surface area contributed by atoms with Crippen LogP contribution in [-0.4, -0.2) is 29.3 Å². The molecule has 0 aliphatic carbocycles. The molecule has 1 rings (SSSR count). The van der Waals surface area contributed by atoms with E-state index in [0.717, 1.165) is 0 Å². The van der Waals surface area contributed by atoms with Crippen LogP contribution < -0.4 is 5.32 Å². The lowest BCUT2D eigenvalue weighted by Gasteiger charge is -2.10. The molecule has 0 heterocycles. The number of carbonyl (C=O) groups is 3. The average molecular weight is 253 g/mol. The second-order valence-corrected chi connectivity index (χ2v) is 3.69.